The number of furan rings is 1. The molecule has 0 radical (unpaired) electrons. The zero-order chi connectivity index (χ0) is 21.3. The first-order valence-electron chi connectivity index (χ1n) is 9.20. The number of ketones is 1. The van der Waals surface area contributed by atoms with E-state index in [1.165, 1.54) is 18.3 Å². The first-order valence-corrected chi connectivity index (χ1v) is 9.58. The molecule has 0 spiro atoms. The number of halogens is 1. The minimum atomic E-state index is -0.816. The van der Waals surface area contributed by atoms with Crippen LogP contribution in [0.3, 0.4) is 0 Å². The van der Waals surface area contributed by atoms with E-state index in [0.29, 0.717) is 27.7 Å². The van der Waals surface area contributed by atoms with E-state index in [1.54, 1.807) is 60.7 Å². The number of carbonyl (C=O) groups is 2. The van der Waals surface area contributed by atoms with Gasteiger partial charge in [-0.2, -0.15) is 0 Å². The van der Waals surface area contributed by atoms with Crippen LogP contribution in [0.1, 0.15) is 22.9 Å². The Labute approximate surface area is 177 Å². The molecule has 1 aliphatic heterocycles. The summed E-state index contributed by atoms with van der Waals surface area (Å²) in [6.45, 7) is 0.0752. The van der Waals surface area contributed by atoms with Gasteiger partial charge in [0.15, 0.2) is 0 Å². The van der Waals surface area contributed by atoms with Crippen LogP contribution in [-0.4, -0.2) is 28.8 Å². The van der Waals surface area contributed by atoms with Gasteiger partial charge in [-0.3, -0.25) is 9.59 Å². The molecule has 1 amide bonds. The van der Waals surface area contributed by atoms with E-state index >= 15 is 0 Å². The average Bonchev–Trinajstić information content (AvgIpc) is 3.35. The zero-order valence-electron chi connectivity index (χ0n) is 16.0. The number of benzene rings is 2. The molecule has 6 nitrogen and oxygen atoms in total. The summed E-state index contributed by atoms with van der Waals surface area (Å²) in [6.07, 6.45) is 1.50. The van der Waals surface area contributed by atoms with Gasteiger partial charge in [-0.05, 0) is 42.0 Å². The van der Waals surface area contributed by atoms with Crippen LogP contribution in [0.25, 0.3) is 5.76 Å². The normalized spacial score (nSPS) is 18.1. The number of rotatable bonds is 5. The van der Waals surface area contributed by atoms with E-state index in [9.17, 15) is 14.7 Å². The minimum Gasteiger partial charge on any atom is -0.507 e. The Morgan fingerprint density at radius 3 is 2.63 bits per heavy atom. The second-order valence-electron chi connectivity index (χ2n) is 6.79. The predicted octanol–water partition coefficient (Wildman–Crippen LogP) is 4.56. The molecule has 2 aromatic carbocycles. The molecule has 7 heteroatoms. The molecule has 0 aliphatic carbocycles. The highest BCUT2D eigenvalue weighted by Crippen LogP contribution is 2.41. The molecule has 2 heterocycles. The number of aliphatic hydroxyl groups is 1. The fraction of sp³-hybridized carbons (Fsp3) is 0.130. The molecule has 0 saturated carbocycles. The van der Waals surface area contributed by atoms with Gasteiger partial charge in [-0.15, -0.1) is 0 Å². The molecule has 1 N–H and O–H groups in total. The number of nitrogens with zero attached hydrogens (tertiary/aromatic N) is 1. The lowest BCUT2D eigenvalue weighted by molar-refractivity contribution is -0.140. The summed E-state index contributed by atoms with van der Waals surface area (Å²) in [7, 11) is 1.53. The van der Waals surface area contributed by atoms with Crippen molar-refractivity contribution >= 4 is 29.1 Å². The Morgan fingerprint density at radius 2 is 1.93 bits per heavy atom. The SMILES string of the molecule is COc1cccc(C2/C(=C(/O)c3cccc(Cl)c3)C(=O)C(=O)N2Cc2ccco2)c1. The van der Waals surface area contributed by atoms with Crippen LogP contribution < -0.4 is 4.74 Å². The molecule has 1 atom stereocenters. The third kappa shape index (κ3) is 3.57. The fourth-order valence-electron chi connectivity index (χ4n) is 3.56. The summed E-state index contributed by atoms with van der Waals surface area (Å²) in [5, 5.41) is 11.4. The smallest absolute Gasteiger partial charge is 0.296 e. The molecule has 3 aromatic rings. The first kappa shape index (κ1) is 19.8. The molecular weight excluding hydrogens is 406 g/mol. The molecule has 1 fully saturated rings. The fourth-order valence-corrected chi connectivity index (χ4v) is 3.75. The Bertz CT molecular complexity index is 1140. The second kappa shape index (κ2) is 8.08. The number of Topliss-reactive ketones (excluding diaryl/α,β-unsaturated/α-hetero) is 1. The molecule has 1 unspecified atom stereocenters. The number of ether oxygens (including phenoxy) is 1. The number of likely N-dealkylation sites (tertiary alicyclic amines) is 1. The maximum atomic E-state index is 13.0. The van der Waals surface area contributed by atoms with Gasteiger partial charge in [-0.1, -0.05) is 35.9 Å². The maximum absolute atomic E-state index is 13.0. The molecule has 30 heavy (non-hydrogen) atoms. The Hall–Kier alpha value is -3.51. The minimum absolute atomic E-state index is 0.0120. The highest BCUT2D eigenvalue weighted by Gasteiger charge is 2.46. The van der Waals surface area contributed by atoms with Crippen molar-refractivity contribution in [1.29, 1.82) is 0 Å². The van der Waals surface area contributed by atoms with Gasteiger partial charge in [-0.25, -0.2) is 0 Å². The molecule has 0 bridgehead atoms. The standard InChI is InChI=1S/C23H18ClNO5/c1-29-17-8-3-5-14(12-17)20-19(21(26)15-6-2-7-16(24)11-15)22(27)23(28)25(20)13-18-9-4-10-30-18/h2-12,20,26H,13H2,1H3/b21-19-. The van der Waals surface area contributed by atoms with Crippen molar-refractivity contribution in [2.45, 2.75) is 12.6 Å². The third-order valence-electron chi connectivity index (χ3n) is 4.95. The van der Waals surface area contributed by atoms with E-state index in [4.69, 9.17) is 20.8 Å². The van der Waals surface area contributed by atoms with Crippen molar-refractivity contribution < 1.29 is 23.8 Å². The molecule has 1 saturated heterocycles. The summed E-state index contributed by atoms with van der Waals surface area (Å²) in [5.74, 6) is -0.688. The second-order valence-corrected chi connectivity index (χ2v) is 7.23. The lowest BCUT2D eigenvalue weighted by Crippen LogP contribution is -2.29. The van der Waals surface area contributed by atoms with Crippen LogP contribution in [0.15, 0.2) is 76.9 Å². The van der Waals surface area contributed by atoms with E-state index in [1.807, 2.05) is 0 Å². The summed E-state index contributed by atoms with van der Waals surface area (Å²) < 4.78 is 10.7. The van der Waals surface area contributed by atoms with Gasteiger partial charge in [0.2, 0.25) is 0 Å². The highest BCUT2D eigenvalue weighted by atomic mass is 35.5. The lowest BCUT2D eigenvalue weighted by Gasteiger charge is -2.24. The van der Waals surface area contributed by atoms with Crippen molar-refractivity contribution in [2.75, 3.05) is 7.11 Å². The van der Waals surface area contributed by atoms with Crippen molar-refractivity contribution in [3.63, 3.8) is 0 Å². The van der Waals surface area contributed by atoms with Crippen molar-refractivity contribution in [3.8, 4) is 5.75 Å². The van der Waals surface area contributed by atoms with Crippen LogP contribution in [0.5, 0.6) is 5.75 Å². The Balaban J connectivity index is 1.89. The van der Waals surface area contributed by atoms with Crippen molar-refractivity contribution in [2.24, 2.45) is 0 Å². The van der Waals surface area contributed by atoms with Gasteiger partial charge in [0, 0.05) is 10.6 Å². The summed E-state index contributed by atoms with van der Waals surface area (Å²) in [4.78, 5) is 27.3. The van der Waals surface area contributed by atoms with Crippen molar-refractivity contribution in [3.05, 3.63) is 94.4 Å². The highest BCUT2D eigenvalue weighted by molar-refractivity contribution is 6.46. The summed E-state index contributed by atoms with van der Waals surface area (Å²) >= 11 is 6.05. The van der Waals surface area contributed by atoms with Crippen LogP contribution in [0.2, 0.25) is 5.02 Å². The zero-order valence-corrected chi connectivity index (χ0v) is 16.8. The molecule has 152 valence electrons. The van der Waals surface area contributed by atoms with Gasteiger partial charge >= 0.3 is 0 Å². The Morgan fingerprint density at radius 1 is 1.13 bits per heavy atom. The quantitative estimate of drug-likeness (QED) is 0.369. The predicted molar refractivity (Wildman–Crippen MR) is 111 cm³/mol. The summed E-state index contributed by atoms with van der Waals surface area (Å²) in [6, 6.07) is 16.1. The number of aliphatic hydroxyl groups excluding tert-OH is 1. The summed E-state index contributed by atoms with van der Waals surface area (Å²) in [5.41, 5.74) is 0.970. The topological polar surface area (TPSA) is 80.0 Å². The van der Waals surface area contributed by atoms with E-state index in [0.717, 1.165) is 0 Å². The van der Waals surface area contributed by atoms with Gasteiger partial charge < -0.3 is 19.2 Å². The van der Waals surface area contributed by atoms with Crippen LogP contribution >= 0.6 is 11.6 Å². The van der Waals surface area contributed by atoms with Crippen LogP contribution in [0.4, 0.5) is 0 Å². The largest absolute Gasteiger partial charge is 0.507 e. The maximum Gasteiger partial charge on any atom is 0.296 e. The molecule has 4 rings (SSSR count). The van der Waals surface area contributed by atoms with Crippen molar-refractivity contribution in [1.82, 2.24) is 4.90 Å². The first-order chi connectivity index (χ1) is 14.5. The molecule has 1 aromatic heterocycles. The number of amides is 1. The monoisotopic (exact) mass is 423 g/mol. The number of carbonyl (C=O) groups excluding carboxylic acids is 2. The Kier molecular flexibility index (Phi) is 5.33. The van der Waals surface area contributed by atoms with E-state index < -0.39 is 17.7 Å². The number of hydrogen-bond donors (Lipinski definition) is 1. The lowest BCUT2D eigenvalue weighted by atomic mass is 9.95. The molecule has 1 aliphatic rings. The third-order valence-corrected chi connectivity index (χ3v) is 5.19. The number of methoxy groups -OCH3 is 1. The van der Waals surface area contributed by atoms with Gasteiger partial charge in [0.05, 0.1) is 31.5 Å². The van der Waals surface area contributed by atoms with Crippen LogP contribution in [0, 0.1) is 0 Å². The van der Waals surface area contributed by atoms with Gasteiger partial charge in [0.1, 0.15) is 17.3 Å². The van der Waals surface area contributed by atoms with E-state index in [2.05, 4.69) is 0 Å². The number of hydrogen-bond acceptors (Lipinski definition) is 5. The molecular formula is C23H18ClNO5. The van der Waals surface area contributed by atoms with Gasteiger partial charge in [0.25, 0.3) is 11.7 Å². The van der Waals surface area contributed by atoms with Crippen LogP contribution in [-0.2, 0) is 16.1 Å². The average molecular weight is 424 g/mol. The van der Waals surface area contributed by atoms with E-state index in [-0.39, 0.29) is 17.9 Å².